The molecule has 8 heavy (non-hydrogen) atoms. The van der Waals surface area contributed by atoms with Gasteiger partial charge in [-0.2, -0.15) is 0 Å². The van der Waals surface area contributed by atoms with Gasteiger partial charge < -0.3 is 1.43 Å². The van der Waals surface area contributed by atoms with E-state index in [-0.39, 0.29) is 67.0 Å². The molecule has 0 fully saturated rings. The second-order valence-electron chi connectivity index (χ2n) is 2.09. The van der Waals surface area contributed by atoms with Gasteiger partial charge in [-0.3, -0.25) is 0 Å². The van der Waals surface area contributed by atoms with Crippen LogP contribution in [0.2, 0.25) is 15.8 Å². The fourth-order valence-electron chi connectivity index (χ4n) is 0.866. The molecule has 0 unspecified atom stereocenters. The predicted molar refractivity (Wildman–Crippen MR) is 38.3 cm³/mol. The van der Waals surface area contributed by atoms with Crippen LogP contribution in [0.15, 0.2) is 0 Å². The fraction of sp³-hybridized carbons (Fsp3) is 1.00. The third kappa shape index (κ3) is 6.29. The van der Waals surface area contributed by atoms with E-state index in [0.29, 0.717) is 0 Å². The van der Waals surface area contributed by atoms with E-state index in [1.54, 1.807) is 0 Å². The zero-order valence-corrected chi connectivity index (χ0v) is 11.0. The van der Waals surface area contributed by atoms with Crippen LogP contribution in [-0.2, 0) is 0 Å². The van der Waals surface area contributed by atoms with E-state index in [2.05, 4.69) is 20.8 Å². The molecular weight excluding hydrogens is 138 g/mol. The summed E-state index contributed by atoms with van der Waals surface area (Å²) in [5.74, 6) is 0. The Bertz CT molecular complexity index is 34.5. The fourth-order valence-corrected chi connectivity index (χ4v) is 2.60. The van der Waals surface area contributed by atoms with E-state index in [9.17, 15) is 0 Å². The first-order valence-electron chi connectivity index (χ1n) is 3.35. The second kappa shape index (κ2) is 9.17. The van der Waals surface area contributed by atoms with Gasteiger partial charge in [0.15, 0.2) is 0 Å². The van der Waals surface area contributed by atoms with Crippen LogP contribution in [0.25, 0.3) is 0 Å². The van der Waals surface area contributed by atoms with Crippen molar-refractivity contribution in [2.75, 3.05) is 0 Å². The SMILES string of the molecule is C[CH2][Al]([CH2]C)[CH2]C.[H-].[K+]. The minimum absolute atomic E-state index is 0. The van der Waals surface area contributed by atoms with Gasteiger partial charge in [0, 0.05) is 0 Å². The maximum atomic E-state index is 2.32. The third-order valence-corrected chi connectivity index (χ3v) is 5.20. The molecule has 0 saturated heterocycles. The zero-order chi connectivity index (χ0) is 5.70. The van der Waals surface area contributed by atoms with Crippen LogP contribution in [0.4, 0.5) is 0 Å². The van der Waals surface area contributed by atoms with Gasteiger partial charge in [0.2, 0.25) is 0 Å². The molecule has 0 radical (unpaired) electrons. The summed E-state index contributed by atoms with van der Waals surface area (Å²) in [5, 5.41) is 4.48. The molecule has 0 aliphatic heterocycles. The Hall–Kier alpha value is 2.17. The summed E-state index contributed by atoms with van der Waals surface area (Å²) in [6, 6.07) is 0. The first-order chi connectivity index (χ1) is 3.35. The van der Waals surface area contributed by atoms with Crippen LogP contribution in [0.1, 0.15) is 22.2 Å². The molecule has 0 amide bonds. The average molecular weight is 154 g/mol. The van der Waals surface area contributed by atoms with Crippen molar-refractivity contribution in [1.29, 1.82) is 0 Å². The van der Waals surface area contributed by atoms with Gasteiger partial charge in [-0.05, 0) is 0 Å². The molecule has 2 heteroatoms. The van der Waals surface area contributed by atoms with Gasteiger partial charge >= 0.3 is 51.4 Å². The molecule has 44 valence electrons. The van der Waals surface area contributed by atoms with Crippen molar-refractivity contribution in [3.63, 3.8) is 0 Å². The standard InChI is InChI=1S/3C2H5.Al.K.H/c3*1-2;;;/h3*1H2,2H3;;;/q;;;;+1;-1. The summed E-state index contributed by atoms with van der Waals surface area (Å²) in [6.07, 6.45) is 0. The Morgan fingerprint density at radius 2 is 1.25 bits per heavy atom. The Morgan fingerprint density at radius 3 is 1.25 bits per heavy atom. The molecular formula is C6H16AlK. The Balaban J connectivity index is -0.000000180. The van der Waals surface area contributed by atoms with E-state index in [4.69, 9.17) is 0 Å². The second-order valence-corrected chi connectivity index (χ2v) is 6.27. The summed E-state index contributed by atoms with van der Waals surface area (Å²) < 4.78 is 0. The van der Waals surface area contributed by atoms with Crippen LogP contribution < -0.4 is 51.4 Å². The van der Waals surface area contributed by atoms with Gasteiger partial charge in [-0.15, -0.1) is 0 Å². The Morgan fingerprint density at radius 1 is 1.00 bits per heavy atom. The quantitative estimate of drug-likeness (QED) is 0.488. The summed E-state index contributed by atoms with van der Waals surface area (Å²) >= 11 is -0.171. The van der Waals surface area contributed by atoms with Crippen LogP contribution >= 0.6 is 0 Å². The normalized spacial score (nSPS) is 7.88. The maximum Gasteiger partial charge on any atom is 1.00 e. The number of hydrogen-bond acceptors (Lipinski definition) is 0. The molecule has 0 aromatic carbocycles. The molecule has 0 aromatic rings. The van der Waals surface area contributed by atoms with Crippen molar-refractivity contribution >= 4 is 14.1 Å². The molecule has 0 bridgehead atoms. The molecule has 0 nitrogen and oxygen atoms in total. The minimum atomic E-state index is -0.171. The zero-order valence-electron chi connectivity index (χ0n) is 7.70. The minimum Gasteiger partial charge on any atom is -1.00 e. The predicted octanol–water partition coefficient (Wildman–Crippen LogP) is -0.343. The topological polar surface area (TPSA) is 0 Å². The van der Waals surface area contributed by atoms with Crippen LogP contribution in [0, 0.1) is 0 Å². The van der Waals surface area contributed by atoms with Gasteiger partial charge in [0.05, 0.1) is 0 Å². The summed E-state index contributed by atoms with van der Waals surface area (Å²) in [4.78, 5) is 0. The first-order valence-corrected chi connectivity index (χ1v) is 5.80. The van der Waals surface area contributed by atoms with Crippen molar-refractivity contribution in [3.05, 3.63) is 0 Å². The van der Waals surface area contributed by atoms with Gasteiger partial charge in [-0.1, -0.05) is 36.6 Å². The van der Waals surface area contributed by atoms with E-state index in [1.165, 1.54) is 15.8 Å². The molecule has 0 N–H and O–H groups in total. The van der Waals surface area contributed by atoms with E-state index in [0.717, 1.165) is 0 Å². The van der Waals surface area contributed by atoms with Gasteiger partial charge in [-0.25, -0.2) is 0 Å². The smallest absolute Gasteiger partial charge is 1.00 e. The molecule has 0 rings (SSSR count). The molecule has 0 saturated carbocycles. The Labute approximate surface area is 102 Å². The van der Waals surface area contributed by atoms with Crippen molar-refractivity contribution in [1.82, 2.24) is 0 Å². The number of hydrogen-bond donors (Lipinski definition) is 0. The summed E-state index contributed by atoms with van der Waals surface area (Å²) in [7, 11) is 0. The number of rotatable bonds is 3. The molecule has 0 atom stereocenters. The molecule has 0 aliphatic rings. The van der Waals surface area contributed by atoms with E-state index >= 15 is 0 Å². The van der Waals surface area contributed by atoms with Crippen molar-refractivity contribution < 1.29 is 52.8 Å². The average Bonchev–Trinajstić information content (AvgIpc) is 1.72. The van der Waals surface area contributed by atoms with Crippen molar-refractivity contribution in [2.45, 2.75) is 36.6 Å². The summed E-state index contributed by atoms with van der Waals surface area (Å²) in [6.45, 7) is 6.97. The molecule has 0 aromatic heterocycles. The monoisotopic (exact) mass is 154 g/mol. The molecule has 0 heterocycles. The Kier molecular flexibility index (Phi) is 14.7. The first kappa shape index (κ1) is 12.8. The van der Waals surface area contributed by atoms with Crippen LogP contribution in [0.5, 0.6) is 0 Å². The van der Waals surface area contributed by atoms with Gasteiger partial charge in [0.25, 0.3) is 14.1 Å². The molecule has 0 spiro atoms. The van der Waals surface area contributed by atoms with Crippen molar-refractivity contribution in [2.24, 2.45) is 0 Å². The van der Waals surface area contributed by atoms with E-state index in [1.807, 2.05) is 0 Å². The van der Waals surface area contributed by atoms with Crippen LogP contribution in [0.3, 0.4) is 0 Å². The maximum absolute atomic E-state index is 2.32. The van der Waals surface area contributed by atoms with E-state index < -0.39 is 0 Å². The summed E-state index contributed by atoms with van der Waals surface area (Å²) in [5.41, 5.74) is 0. The third-order valence-electron chi connectivity index (χ3n) is 1.73. The largest absolute Gasteiger partial charge is 1.00 e. The van der Waals surface area contributed by atoms with Gasteiger partial charge in [0.1, 0.15) is 0 Å². The van der Waals surface area contributed by atoms with Crippen LogP contribution in [-0.4, -0.2) is 14.1 Å². The molecule has 0 aliphatic carbocycles. The van der Waals surface area contributed by atoms with Crippen molar-refractivity contribution in [3.8, 4) is 0 Å².